The lowest BCUT2D eigenvalue weighted by Crippen LogP contribution is -2.28. The van der Waals surface area contributed by atoms with E-state index in [2.05, 4.69) is 34.4 Å². The lowest BCUT2D eigenvalue weighted by atomic mass is 10.1. The summed E-state index contributed by atoms with van der Waals surface area (Å²) in [6, 6.07) is 8.99. The van der Waals surface area contributed by atoms with E-state index >= 15 is 0 Å². The monoisotopic (exact) mass is 355 g/mol. The minimum atomic E-state index is -0.238. The van der Waals surface area contributed by atoms with Gasteiger partial charge in [0.25, 0.3) is 5.91 Å². The molecule has 1 amide bonds. The van der Waals surface area contributed by atoms with Crippen molar-refractivity contribution in [3.63, 3.8) is 0 Å². The highest BCUT2D eigenvalue weighted by atomic mass is 16.5. The largest absolute Gasteiger partial charge is 0.486 e. The number of hydrogen-bond donors (Lipinski definition) is 1. The number of rotatable bonds is 8. The Labute approximate surface area is 151 Å². The summed E-state index contributed by atoms with van der Waals surface area (Å²) >= 11 is 0. The molecule has 26 heavy (non-hydrogen) atoms. The van der Waals surface area contributed by atoms with Crippen molar-refractivity contribution >= 4 is 5.91 Å². The van der Waals surface area contributed by atoms with Crippen molar-refractivity contribution in [2.45, 2.75) is 26.9 Å². The number of hydrogen-bond acceptors (Lipinski definition) is 6. The fourth-order valence-electron chi connectivity index (χ4n) is 2.18. The Bertz CT molecular complexity index is 827. The molecule has 0 fully saturated rings. The zero-order valence-electron chi connectivity index (χ0n) is 14.8. The number of nitrogens with one attached hydrogen (secondary N) is 1. The molecular weight excluding hydrogens is 334 g/mol. The summed E-state index contributed by atoms with van der Waals surface area (Å²) in [6.07, 6.45) is 4.11. The predicted molar refractivity (Wildman–Crippen MR) is 94.0 cm³/mol. The van der Waals surface area contributed by atoms with Gasteiger partial charge in [-0.3, -0.25) is 4.79 Å². The number of amides is 1. The lowest BCUT2D eigenvalue weighted by molar-refractivity contribution is 0.0938. The van der Waals surface area contributed by atoms with Crippen molar-refractivity contribution in [3.8, 4) is 11.4 Å². The van der Waals surface area contributed by atoms with Crippen LogP contribution in [-0.4, -0.2) is 32.4 Å². The minimum absolute atomic E-state index is 0.189. The number of carbonyl (C=O) groups excluding carboxylic acids is 1. The maximum atomic E-state index is 12.0. The number of carbonyl (C=O) groups is 1. The second kappa shape index (κ2) is 8.28. The summed E-state index contributed by atoms with van der Waals surface area (Å²) in [4.78, 5) is 15.9. The molecule has 1 atom stereocenters. The van der Waals surface area contributed by atoms with E-state index < -0.39 is 0 Å². The Kier molecular flexibility index (Phi) is 5.62. The van der Waals surface area contributed by atoms with Crippen LogP contribution < -0.4 is 10.1 Å². The third kappa shape index (κ3) is 4.47. The van der Waals surface area contributed by atoms with E-state index in [1.807, 2.05) is 24.3 Å². The fraction of sp³-hybridized carbons (Fsp3) is 0.333. The zero-order chi connectivity index (χ0) is 18.4. The molecule has 1 aromatic carbocycles. The molecule has 0 saturated heterocycles. The molecule has 2 heterocycles. The van der Waals surface area contributed by atoms with Gasteiger partial charge in [0.1, 0.15) is 25.0 Å². The molecule has 3 rings (SSSR count). The Morgan fingerprint density at radius 1 is 1.35 bits per heavy atom. The summed E-state index contributed by atoms with van der Waals surface area (Å²) in [5.41, 5.74) is 1.14. The molecule has 8 heteroatoms. The zero-order valence-corrected chi connectivity index (χ0v) is 14.8. The van der Waals surface area contributed by atoms with Gasteiger partial charge in [-0.05, 0) is 30.2 Å². The van der Waals surface area contributed by atoms with Gasteiger partial charge < -0.3 is 14.6 Å². The standard InChI is InChI=1S/C18H21N5O3/c1-3-13(2)9-20-18(24)17-8-16(26-22-17)10-25-15-6-4-14(5-7-15)23-12-19-11-21-23/h4-8,11-13H,3,9-10H2,1-2H3,(H,20,24). The normalized spacial score (nSPS) is 11.9. The summed E-state index contributed by atoms with van der Waals surface area (Å²) in [5.74, 6) is 1.35. The molecule has 3 aromatic rings. The second-order valence-corrected chi connectivity index (χ2v) is 6.02. The van der Waals surface area contributed by atoms with Crippen LogP contribution in [0.5, 0.6) is 5.75 Å². The van der Waals surface area contributed by atoms with Crippen LogP contribution in [0.15, 0.2) is 47.5 Å². The lowest BCUT2D eigenvalue weighted by Gasteiger charge is -2.08. The van der Waals surface area contributed by atoms with E-state index in [1.165, 1.54) is 6.33 Å². The Morgan fingerprint density at radius 2 is 2.15 bits per heavy atom. The Morgan fingerprint density at radius 3 is 2.85 bits per heavy atom. The van der Waals surface area contributed by atoms with E-state index in [0.29, 0.717) is 24.0 Å². The highest BCUT2D eigenvalue weighted by Crippen LogP contribution is 2.16. The smallest absolute Gasteiger partial charge is 0.273 e. The number of benzene rings is 1. The first-order valence-electron chi connectivity index (χ1n) is 8.47. The van der Waals surface area contributed by atoms with Crippen LogP contribution in [0.3, 0.4) is 0 Å². The first-order valence-corrected chi connectivity index (χ1v) is 8.47. The number of aromatic nitrogens is 4. The Balaban J connectivity index is 1.52. The minimum Gasteiger partial charge on any atom is -0.486 e. The first kappa shape index (κ1) is 17.7. The van der Waals surface area contributed by atoms with Gasteiger partial charge in [0, 0.05) is 12.6 Å². The van der Waals surface area contributed by atoms with Gasteiger partial charge in [-0.15, -0.1) is 0 Å². The molecule has 136 valence electrons. The molecule has 0 bridgehead atoms. The van der Waals surface area contributed by atoms with Crippen LogP contribution in [-0.2, 0) is 6.61 Å². The molecule has 0 saturated carbocycles. The van der Waals surface area contributed by atoms with Gasteiger partial charge >= 0.3 is 0 Å². The van der Waals surface area contributed by atoms with Crippen molar-refractivity contribution in [2.75, 3.05) is 6.54 Å². The van der Waals surface area contributed by atoms with E-state index in [-0.39, 0.29) is 18.2 Å². The third-order valence-electron chi connectivity index (χ3n) is 4.00. The van der Waals surface area contributed by atoms with Crippen LogP contribution in [0.4, 0.5) is 0 Å². The highest BCUT2D eigenvalue weighted by molar-refractivity contribution is 5.92. The first-order chi connectivity index (χ1) is 12.7. The molecule has 0 aliphatic carbocycles. The van der Waals surface area contributed by atoms with E-state index in [4.69, 9.17) is 9.26 Å². The van der Waals surface area contributed by atoms with Gasteiger partial charge in [0.2, 0.25) is 0 Å². The van der Waals surface area contributed by atoms with Crippen LogP contribution >= 0.6 is 0 Å². The summed E-state index contributed by atoms with van der Waals surface area (Å²) < 4.78 is 12.5. The van der Waals surface area contributed by atoms with Crippen LogP contribution in [0.1, 0.15) is 36.5 Å². The van der Waals surface area contributed by atoms with E-state index in [1.54, 1.807) is 17.1 Å². The van der Waals surface area contributed by atoms with Gasteiger partial charge in [-0.1, -0.05) is 25.4 Å². The van der Waals surface area contributed by atoms with Crippen molar-refractivity contribution in [2.24, 2.45) is 5.92 Å². The number of nitrogens with zero attached hydrogens (tertiary/aromatic N) is 4. The highest BCUT2D eigenvalue weighted by Gasteiger charge is 2.13. The molecule has 0 spiro atoms. The molecular formula is C18H21N5O3. The molecule has 0 aliphatic heterocycles. The quantitative estimate of drug-likeness (QED) is 0.667. The SMILES string of the molecule is CCC(C)CNC(=O)c1cc(COc2ccc(-n3cncn3)cc2)on1. The molecule has 8 nitrogen and oxygen atoms in total. The Hall–Kier alpha value is -3.16. The summed E-state index contributed by atoms with van der Waals surface area (Å²) in [6.45, 7) is 4.97. The maximum absolute atomic E-state index is 12.0. The topological polar surface area (TPSA) is 95.1 Å². The van der Waals surface area contributed by atoms with Gasteiger partial charge in [-0.25, -0.2) is 9.67 Å². The summed E-state index contributed by atoms with van der Waals surface area (Å²) in [5, 5.41) is 10.7. The molecule has 0 radical (unpaired) electrons. The van der Waals surface area contributed by atoms with Crippen molar-refractivity contribution in [1.29, 1.82) is 0 Å². The van der Waals surface area contributed by atoms with Crippen LogP contribution in [0.25, 0.3) is 5.69 Å². The second-order valence-electron chi connectivity index (χ2n) is 6.02. The average molecular weight is 355 g/mol. The van der Waals surface area contributed by atoms with Gasteiger partial charge in [0.15, 0.2) is 11.5 Å². The van der Waals surface area contributed by atoms with Crippen LogP contribution in [0.2, 0.25) is 0 Å². The van der Waals surface area contributed by atoms with Gasteiger partial charge in [0.05, 0.1) is 5.69 Å². The van der Waals surface area contributed by atoms with E-state index in [0.717, 1.165) is 12.1 Å². The fourth-order valence-corrected chi connectivity index (χ4v) is 2.18. The van der Waals surface area contributed by atoms with Crippen LogP contribution in [0, 0.1) is 5.92 Å². The molecule has 1 unspecified atom stereocenters. The van der Waals surface area contributed by atoms with Crippen molar-refractivity contribution in [3.05, 3.63) is 54.4 Å². The van der Waals surface area contributed by atoms with E-state index in [9.17, 15) is 4.79 Å². The average Bonchev–Trinajstić information content (AvgIpc) is 3.36. The third-order valence-corrected chi connectivity index (χ3v) is 4.00. The van der Waals surface area contributed by atoms with Crippen molar-refractivity contribution in [1.82, 2.24) is 25.2 Å². The number of ether oxygens (including phenoxy) is 1. The molecule has 2 aromatic heterocycles. The predicted octanol–water partition coefficient (Wildman–Crippen LogP) is 2.61. The molecule has 0 aliphatic rings. The summed E-state index contributed by atoms with van der Waals surface area (Å²) in [7, 11) is 0. The molecule has 1 N–H and O–H groups in total. The van der Waals surface area contributed by atoms with Crippen molar-refractivity contribution < 1.29 is 14.1 Å². The van der Waals surface area contributed by atoms with Gasteiger partial charge in [-0.2, -0.15) is 5.10 Å². The maximum Gasteiger partial charge on any atom is 0.273 e.